The van der Waals surface area contributed by atoms with Crippen LogP contribution < -0.4 is 0 Å². The van der Waals surface area contributed by atoms with Gasteiger partial charge in [0.25, 0.3) is 0 Å². The molecule has 0 bridgehead atoms. The van der Waals surface area contributed by atoms with E-state index in [1.165, 1.54) is 37.9 Å². The Hall–Kier alpha value is -0.860. The first kappa shape index (κ1) is 14.5. The number of hydrogen-bond donors (Lipinski definition) is 1. The van der Waals surface area contributed by atoms with Crippen LogP contribution >= 0.6 is 0 Å². The van der Waals surface area contributed by atoms with Crippen molar-refractivity contribution in [3.8, 4) is 0 Å². The summed E-state index contributed by atoms with van der Waals surface area (Å²) in [6, 6.07) is 10.8. The van der Waals surface area contributed by atoms with Gasteiger partial charge in [-0.3, -0.25) is 0 Å². The Labute approximate surface area is 117 Å². The van der Waals surface area contributed by atoms with E-state index in [0.29, 0.717) is 0 Å². The molecule has 19 heavy (non-hydrogen) atoms. The molecular formula is C17H27NO. The van der Waals surface area contributed by atoms with Gasteiger partial charge in [-0.15, -0.1) is 0 Å². The van der Waals surface area contributed by atoms with E-state index in [4.69, 9.17) is 0 Å². The molecule has 0 amide bonds. The number of nitrogens with zero attached hydrogens (tertiary/aromatic N) is 1. The highest BCUT2D eigenvalue weighted by Crippen LogP contribution is 2.22. The molecule has 2 rings (SSSR count). The third kappa shape index (κ3) is 5.33. The Kier molecular flexibility index (Phi) is 5.00. The smallest absolute Gasteiger partial charge is 0.0603 e. The van der Waals surface area contributed by atoms with E-state index >= 15 is 0 Å². The van der Waals surface area contributed by atoms with Gasteiger partial charge in [-0.05, 0) is 64.1 Å². The number of likely N-dealkylation sites (tertiary alicyclic amines) is 1. The van der Waals surface area contributed by atoms with E-state index in [2.05, 4.69) is 35.2 Å². The molecule has 1 aliphatic heterocycles. The molecule has 0 aromatic heterocycles. The highest BCUT2D eigenvalue weighted by Gasteiger charge is 2.21. The van der Waals surface area contributed by atoms with Crippen molar-refractivity contribution < 1.29 is 5.11 Å². The summed E-state index contributed by atoms with van der Waals surface area (Å²) in [5.41, 5.74) is 0.943. The first-order chi connectivity index (χ1) is 9.03. The van der Waals surface area contributed by atoms with Crippen molar-refractivity contribution in [3.05, 3.63) is 35.9 Å². The van der Waals surface area contributed by atoms with E-state index in [9.17, 15) is 5.11 Å². The Morgan fingerprint density at radius 3 is 2.37 bits per heavy atom. The van der Waals surface area contributed by atoms with Crippen molar-refractivity contribution in [2.24, 2.45) is 5.92 Å². The van der Waals surface area contributed by atoms with Gasteiger partial charge in [0.15, 0.2) is 0 Å². The molecule has 1 aromatic rings. The second-order valence-corrected chi connectivity index (χ2v) is 6.54. The molecule has 0 radical (unpaired) electrons. The van der Waals surface area contributed by atoms with Crippen LogP contribution in [0.5, 0.6) is 0 Å². The van der Waals surface area contributed by atoms with Crippen LogP contribution in [-0.2, 0) is 6.42 Å². The predicted octanol–water partition coefficient (Wildman–Crippen LogP) is 3.10. The van der Waals surface area contributed by atoms with Crippen molar-refractivity contribution in [2.75, 3.05) is 19.6 Å². The average molecular weight is 261 g/mol. The Morgan fingerprint density at radius 1 is 1.16 bits per heavy atom. The van der Waals surface area contributed by atoms with Crippen molar-refractivity contribution in [1.82, 2.24) is 4.90 Å². The minimum Gasteiger partial charge on any atom is -0.390 e. The van der Waals surface area contributed by atoms with Gasteiger partial charge in [0.2, 0.25) is 0 Å². The van der Waals surface area contributed by atoms with Gasteiger partial charge in [0, 0.05) is 6.54 Å². The highest BCUT2D eigenvalue weighted by molar-refractivity contribution is 5.15. The third-order valence-electron chi connectivity index (χ3n) is 4.11. The van der Waals surface area contributed by atoms with Gasteiger partial charge in [0.1, 0.15) is 0 Å². The van der Waals surface area contributed by atoms with E-state index in [-0.39, 0.29) is 0 Å². The van der Waals surface area contributed by atoms with Gasteiger partial charge < -0.3 is 10.0 Å². The van der Waals surface area contributed by atoms with Gasteiger partial charge in [-0.25, -0.2) is 0 Å². The number of aliphatic hydroxyl groups is 1. The molecule has 1 heterocycles. The van der Waals surface area contributed by atoms with Crippen molar-refractivity contribution in [2.45, 2.75) is 45.1 Å². The van der Waals surface area contributed by atoms with Gasteiger partial charge in [-0.1, -0.05) is 30.3 Å². The maximum absolute atomic E-state index is 9.77. The predicted molar refractivity (Wildman–Crippen MR) is 80.2 cm³/mol. The standard InChI is InChI=1S/C17H27NO/c1-17(2,19)10-13-18-11-8-16(9-12-18)14-15-6-4-3-5-7-15/h3-7,16,19H,8-14H2,1-2H3. The summed E-state index contributed by atoms with van der Waals surface area (Å²) in [6.45, 7) is 7.20. The monoisotopic (exact) mass is 261 g/mol. The van der Waals surface area contributed by atoms with Crippen LogP contribution in [0.3, 0.4) is 0 Å². The van der Waals surface area contributed by atoms with E-state index in [0.717, 1.165) is 18.9 Å². The van der Waals surface area contributed by atoms with Crippen LogP contribution in [0.2, 0.25) is 0 Å². The summed E-state index contributed by atoms with van der Waals surface area (Å²) in [7, 11) is 0. The molecule has 0 unspecified atom stereocenters. The van der Waals surface area contributed by atoms with Crippen LogP contribution in [0.4, 0.5) is 0 Å². The Morgan fingerprint density at radius 2 is 1.79 bits per heavy atom. The van der Waals surface area contributed by atoms with E-state index in [1.54, 1.807) is 0 Å². The number of hydrogen-bond acceptors (Lipinski definition) is 2. The molecule has 1 N–H and O–H groups in total. The van der Waals surface area contributed by atoms with Crippen LogP contribution in [0.25, 0.3) is 0 Å². The van der Waals surface area contributed by atoms with Gasteiger partial charge >= 0.3 is 0 Å². The largest absolute Gasteiger partial charge is 0.390 e. The normalized spacial score (nSPS) is 18.7. The van der Waals surface area contributed by atoms with Crippen LogP contribution in [0.1, 0.15) is 38.7 Å². The summed E-state index contributed by atoms with van der Waals surface area (Å²) in [5, 5.41) is 9.77. The number of rotatable bonds is 5. The minimum absolute atomic E-state index is 0.527. The zero-order chi connectivity index (χ0) is 13.7. The van der Waals surface area contributed by atoms with Crippen LogP contribution in [0, 0.1) is 5.92 Å². The summed E-state index contributed by atoms with van der Waals surface area (Å²) < 4.78 is 0. The van der Waals surface area contributed by atoms with Crippen LogP contribution in [-0.4, -0.2) is 35.2 Å². The Bertz CT molecular complexity index is 361. The fraction of sp³-hybridized carbons (Fsp3) is 0.647. The lowest BCUT2D eigenvalue weighted by molar-refractivity contribution is 0.0521. The summed E-state index contributed by atoms with van der Waals surface area (Å²) in [6.07, 6.45) is 4.68. The lowest BCUT2D eigenvalue weighted by Crippen LogP contribution is -2.37. The molecule has 2 heteroatoms. The lowest BCUT2D eigenvalue weighted by Gasteiger charge is -2.33. The highest BCUT2D eigenvalue weighted by atomic mass is 16.3. The maximum Gasteiger partial charge on any atom is 0.0603 e. The molecule has 106 valence electrons. The van der Waals surface area contributed by atoms with Crippen molar-refractivity contribution in [3.63, 3.8) is 0 Å². The Balaban J connectivity index is 1.71. The topological polar surface area (TPSA) is 23.5 Å². The number of benzene rings is 1. The second kappa shape index (κ2) is 6.53. The SMILES string of the molecule is CC(C)(O)CCN1CCC(Cc2ccccc2)CC1. The summed E-state index contributed by atoms with van der Waals surface area (Å²) in [5.74, 6) is 0.834. The lowest BCUT2D eigenvalue weighted by atomic mass is 9.90. The van der Waals surface area contributed by atoms with Crippen molar-refractivity contribution in [1.29, 1.82) is 0 Å². The molecular weight excluding hydrogens is 234 g/mol. The van der Waals surface area contributed by atoms with E-state index in [1.807, 2.05) is 13.8 Å². The zero-order valence-electron chi connectivity index (χ0n) is 12.3. The quantitative estimate of drug-likeness (QED) is 0.880. The zero-order valence-corrected chi connectivity index (χ0v) is 12.3. The van der Waals surface area contributed by atoms with E-state index < -0.39 is 5.60 Å². The molecule has 0 aliphatic carbocycles. The summed E-state index contributed by atoms with van der Waals surface area (Å²) >= 11 is 0. The molecule has 0 saturated carbocycles. The van der Waals surface area contributed by atoms with Gasteiger partial charge in [0.05, 0.1) is 5.60 Å². The fourth-order valence-corrected chi connectivity index (χ4v) is 2.79. The fourth-order valence-electron chi connectivity index (χ4n) is 2.79. The first-order valence-electron chi connectivity index (χ1n) is 7.51. The van der Waals surface area contributed by atoms with Crippen LogP contribution in [0.15, 0.2) is 30.3 Å². The second-order valence-electron chi connectivity index (χ2n) is 6.54. The maximum atomic E-state index is 9.77. The molecule has 1 saturated heterocycles. The van der Waals surface area contributed by atoms with Gasteiger partial charge in [-0.2, -0.15) is 0 Å². The molecule has 1 fully saturated rings. The molecule has 2 nitrogen and oxygen atoms in total. The average Bonchev–Trinajstić information content (AvgIpc) is 2.38. The first-order valence-corrected chi connectivity index (χ1v) is 7.51. The molecule has 0 spiro atoms. The minimum atomic E-state index is -0.527. The molecule has 1 aromatic carbocycles. The third-order valence-corrected chi connectivity index (χ3v) is 4.11. The summed E-state index contributed by atoms with van der Waals surface area (Å²) in [4.78, 5) is 2.50. The number of piperidine rings is 1. The van der Waals surface area contributed by atoms with Crippen molar-refractivity contribution >= 4 is 0 Å². The molecule has 0 atom stereocenters. The molecule has 1 aliphatic rings.